The SMILES string of the molecule is CSCCC(C)N(C)S(=O)(=O)c1cccc(F)c1N. The van der Waals surface area contributed by atoms with Crippen LogP contribution in [-0.2, 0) is 10.0 Å². The van der Waals surface area contributed by atoms with Gasteiger partial charge in [0.05, 0.1) is 5.69 Å². The molecule has 0 heterocycles. The largest absolute Gasteiger partial charge is 0.395 e. The number of hydrogen-bond donors (Lipinski definition) is 1. The number of sulfonamides is 1. The number of thioether (sulfide) groups is 1. The Morgan fingerprint density at radius 1 is 1.47 bits per heavy atom. The van der Waals surface area contributed by atoms with E-state index < -0.39 is 15.8 Å². The van der Waals surface area contributed by atoms with Crippen molar-refractivity contribution in [3.05, 3.63) is 24.0 Å². The lowest BCUT2D eigenvalue weighted by Gasteiger charge is -2.24. The minimum atomic E-state index is -3.76. The van der Waals surface area contributed by atoms with Crippen molar-refractivity contribution in [1.82, 2.24) is 4.31 Å². The van der Waals surface area contributed by atoms with E-state index in [4.69, 9.17) is 5.73 Å². The van der Waals surface area contributed by atoms with E-state index in [-0.39, 0.29) is 16.6 Å². The second-order valence-corrected chi connectivity index (χ2v) is 7.25. The molecule has 0 aliphatic rings. The van der Waals surface area contributed by atoms with Crippen LogP contribution in [0.15, 0.2) is 23.1 Å². The van der Waals surface area contributed by atoms with E-state index in [2.05, 4.69) is 0 Å². The van der Waals surface area contributed by atoms with Gasteiger partial charge in [-0.25, -0.2) is 12.8 Å². The molecule has 0 bridgehead atoms. The number of para-hydroxylation sites is 1. The third-order valence-corrected chi connectivity index (χ3v) is 5.70. The fourth-order valence-corrected chi connectivity index (χ4v) is 3.70. The molecule has 1 unspecified atom stereocenters. The molecule has 0 saturated heterocycles. The van der Waals surface area contributed by atoms with Crippen LogP contribution in [0.4, 0.5) is 10.1 Å². The Bertz CT molecular complexity index is 535. The Morgan fingerprint density at radius 2 is 2.11 bits per heavy atom. The topological polar surface area (TPSA) is 63.4 Å². The highest BCUT2D eigenvalue weighted by molar-refractivity contribution is 7.98. The zero-order valence-electron chi connectivity index (χ0n) is 11.3. The predicted molar refractivity (Wildman–Crippen MR) is 78.2 cm³/mol. The van der Waals surface area contributed by atoms with Crippen LogP contribution < -0.4 is 5.73 Å². The quantitative estimate of drug-likeness (QED) is 0.818. The Kier molecular flexibility index (Phi) is 5.64. The molecular weight excluding hydrogens is 287 g/mol. The van der Waals surface area contributed by atoms with Gasteiger partial charge in [-0.05, 0) is 37.5 Å². The van der Waals surface area contributed by atoms with Gasteiger partial charge in [-0.2, -0.15) is 16.1 Å². The summed E-state index contributed by atoms with van der Waals surface area (Å²) in [5, 5.41) is 0. The van der Waals surface area contributed by atoms with Crippen molar-refractivity contribution in [1.29, 1.82) is 0 Å². The molecule has 2 N–H and O–H groups in total. The van der Waals surface area contributed by atoms with E-state index in [1.54, 1.807) is 11.8 Å². The maximum Gasteiger partial charge on any atom is 0.245 e. The summed E-state index contributed by atoms with van der Waals surface area (Å²) in [6, 6.07) is 3.65. The van der Waals surface area contributed by atoms with Crippen LogP contribution in [0.5, 0.6) is 0 Å². The summed E-state index contributed by atoms with van der Waals surface area (Å²) in [5.74, 6) is 0.144. The fourth-order valence-electron chi connectivity index (χ4n) is 1.60. The summed E-state index contributed by atoms with van der Waals surface area (Å²) < 4.78 is 39.4. The van der Waals surface area contributed by atoms with Crippen molar-refractivity contribution in [3.63, 3.8) is 0 Å². The van der Waals surface area contributed by atoms with Gasteiger partial charge >= 0.3 is 0 Å². The van der Waals surface area contributed by atoms with E-state index >= 15 is 0 Å². The highest BCUT2D eigenvalue weighted by atomic mass is 32.2. The number of nitrogens with zero attached hydrogens (tertiary/aromatic N) is 1. The molecule has 4 nitrogen and oxygen atoms in total. The maximum atomic E-state index is 13.4. The molecule has 0 spiro atoms. The number of anilines is 1. The first kappa shape index (κ1) is 16.3. The highest BCUT2D eigenvalue weighted by Crippen LogP contribution is 2.25. The standard InChI is InChI=1S/C12H19FN2O2S2/c1-9(7-8-18-3)15(2)19(16,17)11-6-4-5-10(13)12(11)14/h4-6,9H,7-8,14H2,1-3H3. The second kappa shape index (κ2) is 6.58. The van der Waals surface area contributed by atoms with Gasteiger partial charge in [0.25, 0.3) is 0 Å². The molecule has 0 saturated carbocycles. The van der Waals surface area contributed by atoms with Gasteiger partial charge < -0.3 is 5.73 Å². The minimum absolute atomic E-state index is 0.167. The summed E-state index contributed by atoms with van der Waals surface area (Å²) in [5.41, 5.74) is 5.19. The van der Waals surface area contributed by atoms with Gasteiger partial charge in [0.1, 0.15) is 10.7 Å². The van der Waals surface area contributed by atoms with E-state index in [9.17, 15) is 12.8 Å². The Hall–Kier alpha value is -0.790. The molecule has 1 aromatic carbocycles. The number of benzene rings is 1. The van der Waals surface area contributed by atoms with Crippen molar-refractivity contribution in [2.45, 2.75) is 24.3 Å². The van der Waals surface area contributed by atoms with Crippen molar-refractivity contribution >= 4 is 27.5 Å². The van der Waals surface area contributed by atoms with Crippen molar-refractivity contribution < 1.29 is 12.8 Å². The summed E-state index contributed by atoms with van der Waals surface area (Å²) in [4.78, 5) is -0.175. The average Bonchev–Trinajstić information content (AvgIpc) is 2.37. The molecule has 1 atom stereocenters. The van der Waals surface area contributed by atoms with E-state index in [1.807, 2.05) is 13.2 Å². The average molecular weight is 306 g/mol. The van der Waals surface area contributed by atoms with Gasteiger partial charge in [-0.15, -0.1) is 0 Å². The molecule has 0 aliphatic carbocycles. The summed E-state index contributed by atoms with van der Waals surface area (Å²) in [6.07, 6.45) is 2.69. The highest BCUT2D eigenvalue weighted by Gasteiger charge is 2.27. The molecule has 0 radical (unpaired) electrons. The summed E-state index contributed by atoms with van der Waals surface area (Å²) in [7, 11) is -2.27. The molecule has 0 fully saturated rings. The van der Waals surface area contributed by atoms with E-state index in [0.717, 1.165) is 18.2 Å². The Balaban J connectivity index is 3.06. The maximum absolute atomic E-state index is 13.4. The molecule has 0 aliphatic heterocycles. The lowest BCUT2D eigenvalue weighted by molar-refractivity contribution is 0.382. The number of nitrogens with two attached hydrogens (primary N) is 1. The van der Waals surface area contributed by atoms with Gasteiger partial charge in [0.2, 0.25) is 10.0 Å². The monoisotopic (exact) mass is 306 g/mol. The third-order valence-electron chi connectivity index (χ3n) is 3.03. The number of rotatable bonds is 6. The minimum Gasteiger partial charge on any atom is -0.395 e. The smallest absolute Gasteiger partial charge is 0.245 e. The third kappa shape index (κ3) is 3.61. The van der Waals surface area contributed by atoms with Gasteiger partial charge in [0, 0.05) is 13.1 Å². The van der Waals surface area contributed by atoms with Crippen LogP contribution in [-0.4, -0.2) is 37.8 Å². The zero-order valence-corrected chi connectivity index (χ0v) is 12.9. The molecule has 0 amide bonds. The fraction of sp³-hybridized carbons (Fsp3) is 0.500. The molecule has 1 rings (SSSR count). The van der Waals surface area contributed by atoms with Gasteiger partial charge in [-0.3, -0.25) is 0 Å². The van der Waals surface area contributed by atoms with Crippen molar-refractivity contribution in [3.8, 4) is 0 Å². The Morgan fingerprint density at radius 3 is 2.68 bits per heavy atom. The first-order valence-electron chi connectivity index (χ1n) is 5.83. The normalized spacial score (nSPS) is 13.7. The van der Waals surface area contributed by atoms with Crippen LogP contribution in [0.25, 0.3) is 0 Å². The molecule has 0 aromatic heterocycles. The Labute approximate surface area is 118 Å². The zero-order chi connectivity index (χ0) is 14.6. The number of nitrogen functional groups attached to an aromatic ring is 1. The van der Waals surface area contributed by atoms with Crippen LogP contribution in [0.1, 0.15) is 13.3 Å². The molecular formula is C12H19FN2O2S2. The molecule has 7 heteroatoms. The van der Waals surface area contributed by atoms with Crippen LogP contribution in [0.3, 0.4) is 0 Å². The van der Waals surface area contributed by atoms with Crippen molar-refractivity contribution in [2.24, 2.45) is 0 Å². The first-order chi connectivity index (χ1) is 8.82. The second-order valence-electron chi connectivity index (χ2n) is 4.30. The molecule has 108 valence electrons. The van der Waals surface area contributed by atoms with Gasteiger partial charge in [0.15, 0.2) is 0 Å². The molecule has 19 heavy (non-hydrogen) atoms. The predicted octanol–water partition coefficient (Wildman–Crippen LogP) is 2.17. The van der Waals surface area contributed by atoms with Crippen LogP contribution in [0, 0.1) is 5.82 Å². The number of hydrogen-bond acceptors (Lipinski definition) is 4. The lowest BCUT2D eigenvalue weighted by Crippen LogP contribution is -2.35. The van der Waals surface area contributed by atoms with Crippen LogP contribution >= 0.6 is 11.8 Å². The molecule has 1 aromatic rings. The van der Waals surface area contributed by atoms with E-state index in [0.29, 0.717) is 0 Å². The lowest BCUT2D eigenvalue weighted by atomic mass is 10.3. The van der Waals surface area contributed by atoms with Crippen LogP contribution in [0.2, 0.25) is 0 Å². The first-order valence-corrected chi connectivity index (χ1v) is 8.66. The summed E-state index contributed by atoms with van der Waals surface area (Å²) >= 11 is 1.65. The van der Waals surface area contributed by atoms with Crippen molar-refractivity contribution in [2.75, 3.05) is 24.8 Å². The van der Waals surface area contributed by atoms with Gasteiger partial charge in [-0.1, -0.05) is 6.07 Å². The number of halogens is 1. The summed E-state index contributed by atoms with van der Waals surface area (Å²) in [6.45, 7) is 1.82. The van der Waals surface area contributed by atoms with E-state index in [1.165, 1.54) is 23.5 Å².